The molecule has 0 aromatic heterocycles. The molecular formula is C31H54I2O. The minimum absolute atomic E-state index is 0.386. The van der Waals surface area contributed by atoms with Crippen LogP contribution in [0.15, 0.2) is 11.6 Å². The summed E-state index contributed by atoms with van der Waals surface area (Å²) < 4.78 is 13.4. The molecule has 1 N–H and O–H groups in total. The Morgan fingerprint density at radius 3 is 2.35 bits per heavy atom. The normalized spacial score (nSPS) is 48.9. The summed E-state index contributed by atoms with van der Waals surface area (Å²) in [6.07, 6.45) is 14.5. The molecule has 0 spiro atoms. The van der Waals surface area contributed by atoms with Crippen molar-refractivity contribution in [3.8, 4) is 0 Å². The van der Waals surface area contributed by atoms with Crippen molar-refractivity contribution in [3.63, 3.8) is 0 Å². The first-order valence-electron chi connectivity index (χ1n) is 14.4. The molecule has 3 heteroatoms. The molecule has 0 amide bonds. The fraction of sp³-hybridized carbons (Fsp3) is 0.935. The standard InChI is InChI=1S/C31H54I2O/c1-20(2)11-10-12-23(5)33(34)24-14-18-31(32)27(24)21(3)19-26-29(8)16-13-22(4)28(6,7)25(29)15-17-30(26,31)9/h11,21-27,34H,10,12-19H2,1-9H3. The number of fused-ring (bicyclic) bond motifs is 5. The fourth-order valence-electron chi connectivity index (χ4n) is 9.97. The van der Waals surface area contributed by atoms with E-state index in [4.69, 9.17) is 0 Å². The maximum atomic E-state index is 11.8. The molecule has 1 nitrogen and oxygen atoms in total. The van der Waals surface area contributed by atoms with Gasteiger partial charge < -0.3 is 0 Å². The van der Waals surface area contributed by atoms with E-state index < -0.39 is 20.2 Å². The van der Waals surface area contributed by atoms with Crippen molar-refractivity contribution in [2.75, 3.05) is 0 Å². The third kappa shape index (κ3) is 4.22. The number of rotatable bonds is 5. The molecule has 4 fully saturated rings. The molecule has 4 rings (SSSR count). The minimum atomic E-state index is -1.99. The van der Waals surface area contributed by atoms with Crippen molar-refractivity contribution in [1.82, 2.24) is 0 Å². The zero-order chi connectivity index (χ0) is 25.3. The Bertz CT molecular complexity index is 786. The first-order chi connectivity index (χ1) is 15.7. The van der Waals surface area contributed by atoms with Crippen LogP contribution in [-0.4, -0.2) is 14.7 Å². The van der Waals surface area contributed by atoms with Crippen LogP contribution < -0.4 is 0 Å². The van der Waals surface area contributed by atoms with Crippen LogP contribution in [0.5, 0.6) is 0 Å². The second-order valence-electron chi connectivity index (χ2n) is 14.4. The number of hydrogen-bond acceptors (Lipinski definition) is 1. The molecule has 0 aromatic carbocycles. The van der Waals surface area contributed by atoms with Crippen molar-refractivity contribution in [2.45, 2.75) is 131 Å². The second-order valence-corrected chi connectivity index (χ2v) is 21.9. The van der Waals surface area contributed by atoms with E-state index in [0.29, 0.717) is 27.5 Å². The summed E-state index contributed by atoms with van der Waals surface area (Å²) in [6.45, 7) is 22.6. The van der Waals surface area contributed by atoms with Crippen LogP contribution in [0, 0.1) is 45.8 Å². The van der Waals surface area contributed by atoms with E-state index in [9.17, 15) is 3.44 Å². The summed E-state index contributed by atoms with van der Waals surface area (Å²) in [5.74, 6) is 4.08. The zero-order valence-corrected chi connectivity index (χ0v) is 28.0. The van der Waals surface area contributed by atoms with Gasteiger partial charge >= 0.3 is 235 Å². The Morgan fingerprint density at radius 2 is 1.71 bits per heavy atom. The fourth-order valence-corrected chi connectivity index (χ4v) is 18.3. The Hall–Kier alpha value is 1.16. The van der Waals surface area contributed by atoms with Crippen LogP contribution in [-0.2, 0) is 0 Å². The van der Waals surface area contributed by atoms with E-state index in [0.717, 1.165) is 36.0 Å². The third-order valence-electron chi connectivity index (χ3n) is 12.3. The van der Waals surface area contributed by atoms with E-state index in [1.165, 1.54) is 56.9 Å². The predicted molar refractivity (Wildman–Crippen MR) is 166 cm³/mol. The monoisotopic (exact) mass is 696 g/mol. The third-order valence-corrected chi connectivity index (χ3v) is 20.6. The van der Waals surface area contributed by atoms with Gasteiger partial charge in [0.15, 0.2) is 0 Å². The van der Waals surface area contributed by atoms with E-state index in [1.54, 1.807) is 0 Å². The van der Waals surface area contributed by atoms with E-state index in [2.05, 4.69) is 91.0 Å². The topological polar surface area (TPSA) is 20.2 Å². The summed E-state index contributed by atoms with van der Waals surface area (Å²) in [7, 11) is 0. The van der Waals surface area contributed by atoms with Gasteiger partial charge in [0.2, 0.25) is 0 Å². The van der Waals surface area contributed by atoms with Crippen molar-refractivity contribution in [2.24, 2.45) is 45.8 Å². The molecule has 4 aliphatic carbocycles. The van der Waals surface area contributed by atoms with Gasteiger partial charge in [-0.1, -0.05) is 0 Å². The van der Waals surface area contributed by atoms with Crippen LogP contribution in [0.25, 0.3) is 0 Å². The van der Waals surface area contributed by atoms with Crippen molar-refractivity contribution in [3.05, 3.63) is 11.6 Å². The van der Waals surface area contributed by atoms with Crippen molar-refractivity contribution >= 4 is 42.8 Å². The average Bonchev–Trinajstić information content (AvgIpc) is 3.12. The Morgan fingerprint density at radius 1 is 1.03 bits per heavy atom. The Kier molecular flexibility index (Phi) is 8.06. The molecule has 0 bridgehead atoms. The van der Waals surface area contributed by atoms with Gasteiger partial charge in [0.1, 0.15) is 0 Å². The second kappa shape index (κ2) is 9.72. The number of alkyl halides is 3. The van der Waals surface area contributed by atoms with Gasteiger partial charge in [-0.05, 0) is 0 Å². The SMILES string of the molecule is CC(C)=CCCC(C)I(O)C1CCC2(I)C1C(C)CC1C3(C)CCC(C)C(C)(C)C3CCC12C. The van der Waals surface area contributed by atoms with Gasteiger partial charge in [-0.15, -0.1) is 0 Å². The maximum absolute atomic E-state index is 11.8. The molecule has 198 valence electrons. The number of halogens is 2. The summed E-state index contributed by atoms with van der Waals surface area (Å²) in [4.78, 5) is 0. The molecule has 10 unspecified atom stereocenters. The van der Waals surface area contributed by atoms with Crippen LogP contribution in [0.4, 0.5) is 0 Å². The van der Waals surface area contributed by atoms with Gasteiger partial charge in [-0.2, -0.15) is 0 Å². The summed E-state index contributed by atoms with van der Waals surface area (Å²) in [6, 6.07) is 0. The molecule has 4 saturated carbocycles. The van der Waals surface area contributed by atoms with Gasteiger partial charge in [-0.25, -0.2) is 0 Å². The first kappa shape index (κ1) is 28.2. The van der Waals surface area contributed by atoms with Gasteiger partial charge in [0, 0.05) is 0 Å². The number of allylic oxidation sites excluding steroid dienone is 2. The Balaban J connectivity index is 1.61. The van der Waals surface area contributed by atoms with E-state index in [-0.39, 0.29) is 0 Å². The molecule has 4 aliphatic rings. The zero-order valence-electron chi connectivity index (χ0n) is 23.7. The molecule has 0 heterocycles. The van der Waals surface area contributed by atoms with Crippen LogP contribution in [0.3, 0.4) is 0 Å². The van der Waals surface area contributed by atoms with E-state index in [1.807, 2.05) is 0 Å². The van der Waals surface area contributed by atoms with Gasteiger partial charge in [-0.3, -0.25) is 0 Å². The molecular weight excluding hydrogens is 642 g/mol. The van der Waals surface area contributed by atoms with Gasteiger partial charge in [0.25, 0.3) is 0 Å². The average molecular weight is 697 g/mol. The molecule has 34 heavy (non-hydrogen) atoms. The summed E-state index contributed by atoms with van der Waals surface area (Å²) in [5.41, 5.74) is 2.81. The van der Waals surface area contributed by atoms with Crippen molar-refractivity contribution < 1.29 is 3.44 Å². The van der Waals surface area contributed by atoms with E-state index >= 15 is 0 Å². The first-order valence-corrected chi connectivity index (χ1v) is 18.9. The van der Waals surface area contributed by atoms with Crippen molar-refractivity contribution in [1.29, 1.82) is 0 Å². The van der Waals surface area contributed by atoms with Crippen LogP contribution in [0.2, 0.25) is 0 Å². The molecule has 0 radical (unpaired) electrons. The van der Waals surface area contributed by atoms with Gasteiger partial charge in [0.05, 0.1) is 0 Å². The predicted octanol–water partition coefficient (Wildman–Crippen LogP) is 10.0. The molecule has 0 saturated heterocycles. The summed E-state index contributed by atoms with van der Waals surface area (Å²) in [5, 5.41) is 0. The molecule has 0 aromatic rings. The molecule has 10 atom stereocenters. The van der Waals surface area contributed by atoms with Crippen LogP contribution in [0.1, 0.15) is 120 Å². The summed E-state index contributed by atoms with van der Waals surface area (Å²) >= 11 is 1.02. The molecule has 0 aliphatic heterocycles. The van der Waals surface area contributed by atoms with Crippen LogP contribution >= 0.6 is 42.8 Å². The quantitative estimate of drug-likeness (QED) is 0.172. The number of hydrogen-bond donors (Lipinski definition) is 1. The Labute approximate surface area is 233 Å².